The van der Waals surface area contributed by atoms with Gasteiger partial charge in [0.05, 0.1) is 18.6 Å². The molecule has 20 heavy (non-hydrogen) atoms. The summed E-state index contributed by atoms with van der Waals surface area (Å²) in [4.78, 5) is 11.9. The second-order valence-electron chi connectivity index (χ2n) is 5.38. The van der Waals surface area contributed by atoms with Crippen LogP contribution in [0.1, 0.15) is 38.7 Å². The van der Waals surface area contributed by atoms with Crippen LogP contribution in [0.15, 0.2) is 24.3 Å². The van der Waals surface area contributed by atoms with Gasteiger partial charge in [0.15, 0.2) is 0 Å². The summed E-state index contributed by atoms with van der Waals surface area (Å²) in [6, 6.07) is 6.07. The van der Waals surface area contributed by atoms with Gasteiger partial charge in [0, 0.05) is 6.42 Å². The highest BCUT2D eigenvalue weighted by molar-refractivity contribution is 5.73. The lowest BCUT2D eigenvalue weighted by Crippen LogP contribution is -2.42. The SMILES string of the molecule is CCCCC(C(=O)OC)C(C)(O)Cc1cccc(F)c1. The highest BCUT2D eigenvalue weighted by Gasteiger charge is 2.37. The first-order valence-electron chi connectivity index (χ1n) is 6.95. The number of ether oxygens (including phenoxy) is 1. The smallest absolute Gasteiger partial charge is 0.311 e. The van der Waals surface area contributed by atoms with Crippen molar-refractivity contribution in [3.63, 3.8) is 0 Å². The molecule has 0 aliphatic heterocycles. The average Bonchev–Trinajstić information content (AvgIpc) is 2.38. The Morgan fingerprint density at radius 3 is 2.75 bits per heavy atom. The monoisotopic (exact) mass is 282 g/mol. The molecule has 0 radical (unpaired) electrons. The molecule has 2 unspecified atom stereocenters. The lowest BCUT2D eigenvalue weighted by molar-refractivity contribution is -0.155. The first-order chi connectivity index (χ1) is 9.40. The van der Waals surface area contributed by atoms with E-state index < -0.39 is 17.5 Å². The number of benzene rings is 1. The van der Waals surface area contributed by atoms with Crippen LogP contribution in [0.3, 0.4) is 0 Å². The maximum Gasteiger partial charge on any atom is 0.311 e. The topological polar surface area (TPSA) is 46.5 Å². The highest BCUT2D eigenvalue weighted by Crippen LogP contribution is 2.28. The van der Waals surface area contributed by atoms with Crippen LogP contribution >= 0.6 is 0 Å². The molecular weight excluding hydrogens is 259 g/mol. The predicted octanol–water partition coefficient (Wildman–Crippen LogP) is 3.10. The van der Waals surface area contributed by atoms with Crippen molar-refractivity contribution in [3.05, 3.63) is 35.6 Å². The summed E-state index contributed by atoms with van der Waals surface area (Å²) in [5.41, 5.74) is -0.587. The number of carbonyl (C=O) groups is 1. The van der Waals surface area contributed by atoms with Gasteiger partial charge in [-0.15, -0.1) is 0 Å². The van der Waals surface area contributed by atoms with Crippen molar-refractivity contribution in [3.8, 4) is 0 Å². The molecule has 0 saturated carbocycles. The Morgan fingerprint density at radius 1 is 1.50 bits per heavy atom. The molecule has 0 fully saturated rings. The van der Waals surface area contributed by atoms with E-state index in [4.69, 9.17) is 4.74 Å². The van der Waals surface area contributed by atoms with Gasteiger partial charge in [-0.1, -0.05) is 31.9 Å². The Kier molecular flexibility index (Phi) is 6.14. The number of hydrogen-bond donors (Lipinski definition) is 1. The van der Waals surface area contributed by atoms with Gasteiger partial charge in [-0.05, 0) is 31.0 Å². The van der Waals surface area contributed by atoms with Crippen LogP contribution in [-0.4, -0.2) is 23.8 Å². The van der Waals surface area contributed by atoms with Crippen LogP contribution < -0.4 is 0 Å². The molecule has 1 N–H and O–H groups in total. The molecule has 1 rings (SSSR count). The lowest BCUT2D eigenvalue weighted by atomic mass is 9.80. The normalized spacial score (nSPS) is 15.4. The minimum Gasteiger partial charge on any atom is -0.469 e. The van der Waals surface area contributed by atoms with Crippen molar-refractivity contribution in [1.29, 1.82) is 0 Å². The van der Waals surface area contributed by atoms with Gasteiger partial charge in [-0.2, -0.15) is 0 Å². The fraction of sp³-hybridized carbons (Fsp3) is 0.562. The molecule has 1 aromatic rings. The Labute approximate surface area is 119 Å². The third-order valence-corrected chi connectivity index (χ3v) is 3.53. The number of halogens is 1. The minimum atomic E-state index is -1.25. The lowest BCUT2D eigenvalue weighted by Gasteiger charge is -2.31. The molecule has 0 aliphatic carbocycles. The van der Waals surface area contributed by atoms with Crippen molar-refractivity contribution in [1.82, 2.24) is 0 Å². The number of rotatable bonds is 7. The van der Waals surface area contributed by atoms with E-state index in [0.717, 1.165) is 12.8 Å². The molecule has 0 aromatic heterocycles. The zero-order valence-corrected chi connectivity index (χ0v) is 12.4. The molecule has 0 saturated heterocycles. The summed E-state index contributed by atoms with van der Waals surface area (Å²) < 4.78 is 18.0. The number of unbranched alkanes of at least 4 members (excludes halogenated alkanes) is 1. The first kappa shape index (κ1) is 16.6. The number of carbonyl (C=O) groups excluding carboxylic acids is 1. The van der Waals surface area contributed by atoms with Crippen LogP contribution in [0.4, 0.5) is 4.39 Å². The summed E-state index contributed by atoms with van der Waals surface area (Å²) in [7, 11) is 1.32. The molecule has 3 nitrogen and oxygen atoms in total. The molecule has 0 spiro atoms. The van der Waals surface area contributed by atoms with Crippen LogP contribution in [0.5, 0.6) is 0 Å². The van der Waals surface area contributed by atoms with Crippen LogP contribution in [-0.2, 0) is 16.0 Å². The first-order valence-corrected chi connectivity index (χ1v) is 6.95. The summed E-state index contributed by atoms with van der Waals surface area (Å²) >= 11 is 0. The fourth-order valence-corrected chi connectivity index (χ4v) is 2.42. The maximum atomic E-state index is 13.2. The molecule has 2 atom stereocenters. The third-order valence-electron chi connectivity index (χ3n) is 3.53. The average molecular weight is 282 g/mol. The molecule has 1 aromatic carbocycles. The molecule has 0 aliphatic rings. The summed E-state index contributed by atoms with van der Waals surface area (Å²) in [5, 5.41) is 10.6. The fourth-order valence-electron chi connectivity index (χ4n) is 2.42. The number of methoxy groups -OCH3 is 1. The van der Waals surface area contributed by atoms with E-state index in [-0.39, 0.29) is 12.2 Å². The van der Waals surface area contributed by atoms with Crippen LogP contribution in [0.25, 0.3) is 0 Å². The standard InChI is InChI=1S/C16H23FO3/c1-4-5-9-14(15(18)20-3)16(2,19)11-12-7-6-8-13(17)10-12/h6-8,10,14,19H,4-5,9,11H2,1-3H3. The highest BCUT2D eigenvalue weighted by atomic mass is 19.1. The zero-order chi connectivity index (χ0) is 15.2. The van der Waals surface area contributed by atoms with E-state index in [2.05, 4.69) is 0 Å². The van der Waals surface area contributed by atoms with Crippen molar-refractivity contribution in [2.24, 2.45) is 5.92 Å². The van der Waals surface area contributed by atoms with E-state index >= 15 is 0 Å². The largest absolute Gasteiger partial charge is 0.469 e. The zero-order valence-electron chi connectivity index (χ0n) is 12.4. The Hall–Kier alpha value is -1.42. The molecule has 0 bridgehead atoms. The van der Waals surface area contributed by atoms with Gasteiger partial charge in [0.1, 0.15) is 5.82 Å². The van der Waals surface area contributed by atoms with Gasteiger partial charge in [0.25, 0.3) is 0 Å². The van der Waals surface area contributed by atoms with E-state index in [9.17, 15) is 14.3 Å². The van der Waals surface area contributed by atoms with Crippen molar-refractivity contribution in [2.75, 3.05) is 7.11 Å². The summed E-state index contributed by atoms with van der Waals surface area (Å²) in [6.07, 6.45) is 2.54. The Morgan fingerprint density at radius 2 is 2.20 bits per heavy atom. The second-order valence-corrected chi connectivity index (χ2v) is 5.38. The predicted molar refractivity (Wildman–Crippen MR) is 75.8 cm³/mol. The third kappa shape index (κ3) is 4.60. The van der Waals surface area contributed by atoms with Gasteiger partial charge in [0.2, 0.25) is 0 Å². The van der Waals surface area contributed by atoms with E-state index in [1.54, 1.807) is 19.1 Å². The Bertz CT molecular complexity index is 443. The second kappa shape index (κ2) is 7.39. The Balaban J connectivity index is 2.88. The van der Waals surface area contributed by atoms with Crippen molar-refractivity contribution in [2.45, 2.75) is 45.1 Å². The van der Waals surface area contributed by atoms with Gasteiger partial charge < -0.3 is 9.84 Å². The van der Waals surface area contributed by atoms with Crippen LogP contribution in [0.2, 0.25) is 0 Å². The van der Waals surface area contributed by atoms with Crippen LogP contribution in [0, 0.1) is 11.7 Å². The molecule has 4 heteroatoms. The quantitative estimate of drug-likeness (QED) is 0.782. The van der Waals surface area contributed by atoms with Crippen molar-refractivity contribution < 1.29 is 19.0 Å². The minimum absolute atomic E-state index is 0.217. The van der Waals surface area contributed by atoms with E-state index in [0.29, 0.717) is 12.0 Å². The molecule has 0 heterocycles. The molecular formula is C16H23FO3. The maximum absolute atomic E-state index is 13.2. The number of esters is 1. The molecule has 0 amide bonds. The van der Waals surface area contributed by atoms with E-state index in [1.165, 1.54) is 19.2 Å². The number of aliphatic hydroxyl groups is 1. The summed E-state index contributed by atoms with van der Waals surface area (Å²) in [6.45, 7) is 3.63. The number of hydrogen-bond acceptors (Lipinski definition) is 3. The van der Waals surface area contributed by atoms with Gasteiger partial charge in [-0.25, -0.2) is 4.39 Å². The van der Waals surface area contributed by atoms with Crippen molar-refractivity contribution >= 4 is 5.97 Å². The van der Waals surface area contributed by atoms with Gasteiger partial charge >= 0.3 is 5.97 Å². The van der Waals surface area contributed by atoms with Gasteiger partial charge in [-0.3, -0.25) is 4.79 Å². The summed E-state index contributed by atoms with van der Waals surface area (Å²) in [5.74, 6) is -1.36. The molecule has 112 valence electrons. The van der Waals surface area contributed by atoms with E-state index in [1.807, 2.05) is 6.92 Å².